The van der Waals surface area contributed by atoms with Gasteiger partial charge in [0.1, 0.15) is 5.75 Å². The summed E-state index contributed by atoms with van der Waals surface area (Å²) in [5, 5.41) is 8.90. The predicted octanol–water partition coefficient (Wildman–Crippen LogP) is 3.28. The first-order valence-electron chi connectivity index (χ1n) is 5.57. The monoisotopic (exact) mass is 300 g/mol. The lowest BCUT2D eigenvalue weighted by atomic mass is 9.99. The molecule has 0 fully saturated rings. The highest BCUT2D eigenvalue weighted by atomic mass is 79.9. The largest absolute Gasteiger partial charge is 0.496 e. The molecule has 0 spiro atoms. The minimum atomic E-state index is -0.778. The van der Waals surface area contributed by atoms with E-state index in [1.54, 1.807) is 14.0 Å². The van der Waals surface area contributed by atoms with E-state index in [1.165, 1.54) is 0 Å². The Bertz CT molecular complexity index is 415. The Kier molecular flexibility index (Phi) is 5.00. The lowest BCUT2D eigenvalue weighted by Crippen LogP contribution is -2.12. The van der Waals surface area contributed by atoms with Crippen molar-refractivity contribution >= 4 is 21.9 Å². The summed E-state index contributed by atoms with van der Waals surface area (Å²) in [6.45, 7) is 3.76. The average Bonchev–Trinajstić information content (AvgIpc) is 2.27. The summed E-state index contributed by atoms with van der Waals surface area (Å²) in [4.78, 5) is 10.8. The molecule has 1 unspecified atom stereocenters. The second-order valence-electron chi connectivity index (χ2n) is 4.06. The van der Waals surface area contributed by atoms with E-state index in [-0.39, 0.29) is 5.92 Å². The molecule has 0 aliphatic heterocycles. The first kappa shape index (κ1) is 14.0. The molecule has 3 nitrogen and oxygen atoms in total. The molecule has 0 amide bonds. The van der Waals surface area contributed by atoms with Crippen LogP contribution in [0.15, 0.2) is 16.6 Å². The van der Waals surface area contributed by atoms with Crippen LogP contribution in [0.25, 0.3) is 0 Å². The van der Waals surface area contributed by atoms with Gasteiger partial charge in [-0.1, -0.05) is 29.8 Å². The first-order valence-corrected chi connectivity index (χ1v) is 6.37. The molecule has 0 aliphatic carbocycles. The van der Waals surface area contributed by atoms with Gasteiger partial charge in [-0.15, -0.1) is 0 Å². The zero-order valence-electron chi connectivity index (χ0n) is 10.3. The Hall–Kier alpha value is -1.03. The van der Waals surface area contributed by atoms with Crippen LogP contribution in [0.3, 0.4) is 0 Å². The topological polar surface area (TPSA) is 46.5 Å². The van der Waals surface area contributed by atoms with E-state index in [0.717, 1.165) is 27.8 Å². The third kappa shape index (κ3) is 3.46. The van der Waals surface area contributed by atoms with E-state index in [1.807, 2.05) is 12.1 Å². The first-order chi connectivity index (χ1) is 7.99. The summed E-state index contributed by atoms with van der Waals surface area (Å²) in [6, 6.07) is 3.89. The summed E-state index contributed by atoms with van der Waals surface area (Å²) in [7, 11) is 1.63. The molecule has 0 aliphatic rings. The SMILES string of the molecule is CCc1c(Br)cc(CC(C)C(=O)O)cc1OC. The van der Waals surface area contributed by atoms with E-state index >= 15 is 0 Å². The lowest BCUT2D eigenvalue weighted by molar-refractivity contribution is -0.141. The molecule has 0 radical (unpaired) electrons. The summed E-state index contributed by atoms with van der Waals surface area (Å²) in [5.41, 5.74) is 2.08. The maximum atomic E-state index is 10.8. The van der Waals surface area contributed by atoms with Crippen LogP contribution in [0.1, 0.15) is 25.0 Å². The molecule has 1 atom stereocenters. The van der Waals surface area contributed by atoms with Crippen LogP contribution in [-0.4, -0.2) is 18.2 Å². The normalized spacial score (nSPS) is 12.2. The van der Waals surface area contributed by atoms with Gasteiger partial charge < -0.3 is 9.84 Å². The number of hydrogen-bond acceptors (Lipinski definition) is 2. The molecule has 0 bridgehead atoms. The molecule has 17 heavy (non-hydrogen) atoms. The number of carbonyl (C=O) groups is 1. The molecule has 1 N–H and O–H groups in total. The van der Waals surface area contributed by atoms with Crippen molar-refractivity contribution in [1.29, 1.82) is 0 Å². The van der Waals surface area contributed by atoms with Gasteiger partial charge in [0.05, 0.1) is 13.0 Å². The van der Waals surface area contributed by atoms with Crippen molar-refractivity contribution in [3.05, 3.63) is 27.7 Å². The third-order valence-corrected chi connectivity index (χ3v) is 3.46. The zero-order chi connectivity index (χ0) is 13.0. The van der Waals surface area contributed by atoms with Crippen molar-refractivity contribution in [1.82, 2.24) is 0 Å². The van der Waals surface area contributed by atoms with E-state index in [2.05, 4.69) is 22.9 Å². The molecular weight excluding hydrogens is 284 g/mol. The maximum Gasteiger partial charge on any atom is 0.306 e. The van der Waals surface area contributed by atoms with Gasteiger partial charge in [0.15, 0.2) is 0 Å². The predicted molar refractivity (Wildman–Crippen MR) is 70.6 cm³/mol. The summed E-state index contributed by atoms with van der Waals surface area (Å²) in [6.07, 6.45) is 1.38. The third-order valence-electron chi connectivity index (χ3n) is 2.75. The van der Waals surface area contributed by atoms with E-state index < -0.39 is 5.97 Å². The highest BCUT2D eigenvalue weighted by Crippen LogP contribution is 2.30. The van der Waals surface area contributed by atoms with Gasteiger partial charge in [-0.05, 0) is 30.5 Å². The van der Waals surface area contributed by atoms with Crippen LogP contribution in [0.5, 0.6) is 5.75 Å². The van der Waals surface area contributed by atoms with E-state index in [4.69, 9.17) is 9.84 Å². The molecule has 0 heterocycles. The number of aliphatic carboxylic acids is 1. The van der Waals surface area contributed by atoms with Crippen LogP contribution < -0.4 is 4.74 Å². The fourth-order valence-electron chi connectivity index (χ4n) is 1.75. The minimum Gasteiger partial charge on any atom is -0.496 e. The molecule has 0 saturated heterocycles. The number of rotatable bonds is 5. The zero-order valence-corrected chi connectivity index (χ0v) is 11.9. The van der Waals surface area contributed by atoms with Crippen LogP contribution in [0, 0.1) is 5.92 Å². The van der Waals surface area contributed by atoms with Crippen LogP contribution in [-0.2, 0) is 17.6 Å². The van der Waals surface area contributed by atoms with Crippen LogP contribution in [0.4, 0.5) is 0 Å². The van der Waals surface area contributed by atoms with Crippen molar-refractivity contribution in [2.24, 2.45) is 5.92 Å². The maximum absolute atomic E-state index is 10.8. The fourth-order valence-corrected chi connectivity index (χ4v) is 2.52. The Labute approximate surface area is 110 Å². The van der Waals surface area contributed by atoms with Crippen molar-refractivity contribution in [2.75, 3.05) is 7.11 Å². The number of ether oxygens (including phenoxy) is 1. The molecule has 0 saturated carbocycles. The number of hydrogen-bond donors (Lipinski definition) is 1. The number of halogens is 1. The average molecular weight is 301 g/mol. The second kappa shape index (κ2) is 6.05. The van der Waals surface area contributed by atoms with Gasteiger partial charge in [-0.2, -0.15) is 0 Å². The summed E-state index contributed by atoms with van der Waals surface area (Å²) >= 11 is 3.50. The van der Waals surface area contributed by atoms with Crippen LogP contribution in [0.2, 0.25) is 0 Å². The van der Waals surface area contributed by atoms with Gasteiger partial charge in [-0.25, -0.2) is 0 Å². The molecule has 0 aromatic heterocycles. The molecule has 1 rings (SSSR count). The Morgan fingerprint density at radius 3 is 2.65 bits per heavy atom. The highest BCUT2D eigenvalue weighted by Gasteiger charge is 2.14. The van der Waals surface area contributed by atoms with Gasteiger partial charge in [-0.3, -0.25) is 4.79 Å². The van der Waals surface area contributed by atoms with Crippen molar-refractivity contribution in [3.63, 3.8) is 0 Å². The van der Waals surface area contributed by atoms with Crippen LogP contribution >= 0.6 is 15.9 Å². The van der Waals surface area contributed by atoms with E-state index in [9.17, 15) is 4.79 Å². The molecule has 94 valence electrons. The number of benzene rings is 1. The second-order valence-corrected chi connectivity index (χ2v) is 4.91. The van der Waals surface area contributed by atoms with Gasteiger partial charge in [0.2, 0.25) is 0 Å². The minimum absolute atomic E-state index is 0.390. The van der Waals surface area contributed by atoms with E-state index in [0.29, 0.717) is 6.42 Å². The lowest BCUT2D eigenvalue weighted by Gasteiger charge is -2.13. The molecule has 1 aromatic rings. The number of carboxylic acids is 1. The van der Waals surface area contributed by atoms with Gasteiger partial charge in [0, 0.05) is 10.0 Å². The summed E-state index contributed by atoms with van der Waals surface area (Å²) < 4.78 is 6.30. The standard InChI is InChI=1S/C13H17BrO3/c1-4-10-11(14)6-9(7-12(10)17-3)5-8(2)13(15)16/h6-8H,4-5H2,1-3H3,(H,15,16). The van der Waals surface area contributed by atoms with Crippen molar-refractivity contribution in [2.45, 2.75) is 26.7 Å². The van der Waals surface area contributed by atoms with Gasteiger partial charge >= 0.3 is 5.97 Å². The highest BCUT2D eigenvalue weighted by molar-refractivity contribution is 9.10. The molecule has 4 heteroatoms. The Morgan fingerprint density at radius 1 is 1.53 bits per heavy atom. The summed E-state index contributed by atoms with van der Waals surface area (Å²) in [5.74, 6) is -0.354. The molecule has 1 aromatic carbocycles. The van der Waals surface area contributed by atoms with Gasteiger partial charge in [0.25, 0.3) is 0 Å². The Morgan fingerprint density at radius 2 is 2.18 bits per heavy atom. The molecular formula is C13H17BrO3. The smallest absolute Gasteiger partial charge is 0.306 e. The number of carboxylic acid groups (broad SMARTS) is 1. The quantitative estimate of drug-likeness (QED) is 0.908. The number of methoxy groups -OCH3 is 1. The van der Waals surface area contributed by atoms with Crippen molar-refractivity contribution in [3.8, 4) is 5.75 Å². The fraction of sp³-hybridized carbons (Fsp3) is 0.462. The Balaban J connectivity index is 3.03. The van der Waals surface area contributed by atoms with Crippen molar-refractivity contribution < 1.29 is 14.6 Å².